The summed E-state index contributed by atoms with van der Waals surface area (Å²) in [5, 5.41) is 8.60. The number of amides is 3. The highest BCUT2D eigenvalue weighted by Gasteiger charge is 2.28. The van der Waals surface area contributed by atoms with E-state index in [2.05, 4.69) is 10.4 Å². The first-order valence-electron chi connectivity index (χ1n) is 10.1. The van der Waals surface area contributed by atoms with E-state index in [0.29, 0.717) is 30.0 Å². The third-order valence-electron chi connectivity index (χ3n) is 5.40. The van der Waals surface area contributed by atoms with Crippen LogP contribution in [0.3, 0.4) is 0 Å². The molecule has 1 fully saturated rings. The van der Waals surface area contributed by atoms with Gasteiger partial charge in [-0.1, -0.05) is 24.3 Å². The van der Waals surface area contributed by atoms with Crippen LogP contribution in [-0.4, -0.2) is 30.0 Å². The van der Waals surface area contributed by atoms with E-state index in [9.17, 15) is 14.4 Å². The van der Waals surface area contributed by atoms with E-state index in [4.69, 9.17) is 0 Å². The molecule has 2 aliphatic rings. The number of anilines is 3. The molecule has 0 bridgehead atoms. The van der Waals surface area contributed by atoms with Crippen molar-refractivity contribution in [2.75, 3.05) is 21.8 Å². The van der Waals surface area contributed by atoms with Crippen molar-refractivity contribution in [3.8, 4) is 0 Å². The summed E-state index contributed by atoms with van der Waals surface area (Å²) in [5.41, 5.74) is 4.16. The highest BCUT2D eigenvalue weighted by Crippen LogP contribution is 2.30. The zero-order valence-corrected chi connectivity index (χ0v) is 17.1. The molecule has 154 valence electrons. The summed E-state index contributed by atoms with van der Waals surface area (Å²) >= 11 is 0. The Bertz CT molecular complexity index is 1060. The molecule has 0 atom stereocenters. The number of carbonyl (C=O) groups excluding carboxylic acids is 3. The van der Waals surface area contributed by atoms with Crippen molar-refractivity contribution in [2.24, 2.45) is 5.10 Å². The van der Waals surface area contributed by atoms with Gasteiger partial charge in [-0.25, -0.2) is 5.01 Å². The molecular formula is C23H24N4O3. The second kappa shape index (κ2) is 8.10. The van der Waals surface area contributed by atoms with Crippen LogP contribution < -0.4 is 15.2 Å². The summed E-state index contributed by atoms with van der Waals surface area (Å²) in [6.07, 6.45) is 1.81. The van der Waals surface area contributed by atoms with Crippen LogP contribution in [0, 0.1) is 13.8 Å². The van der Waals surface area contributed by atoms with Gasteiger partial charge in [-0.2, -0.15) is 5.10 Å². The number of nitrogens with one attached hydrogen (secondary N) is 1. The van der Waals surface area contributed by atoms with Gasteiger partial charge in [0.05, 0.1) is 17.1 Å². The second-order valence-corrected chi connectivity index (χ2v) is 7.66. The standard InChI is InChI=1S/C23H24N4O3/c1-15-9-10-16(2)20(14-15)27-22(29)12-11-18(25-27)23(30)24-17-6-3-4-7-19(17)26-13-5-8-21(26)28/h3-4,6-7,9-10,14H,5,8,11-13H2,1-2H3,(H,24,30). The van der Waals surface area contributed by atoms with Crippen molar-refractivity contribution in [2.45, 2.75) is 39.5 Å². The molecule has 0 spiro atoms. The molecule has 1 saturated heterocycles. The molecule has 2 aromatic carbocycles. The molecule has 7 heteroatoms. The monoisotopic (exact) mass is 404 g/mol. The summed E-state index contributed by atoms with van der Waals surface area (Å²) in [7, 11) is 0. The Labute approximate surface area is 175 Å². The Morgan fingerprint density at radius 1 is 0.967 bits per heavy atom. The number of hydrogen-bond donors (Lipinski definition) is 1. The summed E-state index contributed by atoms with van der Waals surface area (Å²) in [4.78, 5) is 39.3. The van der Waals surface area contributed by atoms with Gasteiger partial charge < -0.3 is 10.2 Å². The van der Waals surface area contributed by atoms with E-state index in [0.717, 1.165) is 17.5 Å². The van der Waals surface area contributed by atoms with E-state index in [1.54, 1.807) is 11.0 Å². The van der Waals surface area contributed by atoms with Crippen molar-refractivity contribution in [3.05, 3.63) is 53.6 Å². The van der Waals surface area contributed by atoms with Gasteiger partial charge in [0.1, 0.15) is 5.71 Å². The third kappa shape index (κ3) is 3.83. The average Bonchev–Trinajstić information content (AvgIpc) is 3.16. The molecular weight excluding hydrogens is 380 g/mol. The second-order valence-electron chi connectivity index (χ2n) is 7.66. The smallest absolute Gasteiger partial charge is 0.271 e. The molecule has 4 rings (SSSR count). The van der Waals surface area contributed by atoms with Crippen LogP contribution in [0.15, 0.2) is 47.6 Å². The van der Waals surface area contributed by atoms with Crippen LogP contribution in [0.2, 0.25) is 0 Å². The zero-order valence-electron chi connectivity index (χ0n) is 17.1. The number of rotatable bonds is 4. The van der Waals surface area contributed by atoms with Crippen molar-refractivity contribution >= 4 is 40.5 Å². The first-order chi connectivity index (χ1) is 14.4. The van der Waals surface area contributed by atoms with Gasteiger partial charge in [0.2, 0.25) is 11.8 Å². The van der Waals surface area contributed by atoms with E-state index < -0.39 is 0 Å². The molecule has 3 amide bonds. The molecule has 2 heterocycles. The Kier molecular flexibility index (Phi) is 5.35. The molecule has 2 aliphatic heterocycles. The van der Waals surface area contributed by atoms with Crippen molar-refractivity contribution in [1.29, 1.82) is 0 Å². The van der Waals surface area contributed by atoms with Crippen LogP contribution in [0.1, 0.15) is 36.8 Å². The maximum atomic E-state index is 13.0. The number of para-hydroxylation sites is 2. The predicted octanol–water partition coefficient (Wildman–Crippen LogP) is 3.55. The lowest BCUT2D eigenvalue weighted by atomic mass is 10.1. The molecule has 2 aromatic rings. The minimum Gasteiger partial charge on any atom is -0.319 e. The Balaban J connectivity index is 1.60. The molecule has 0 radical (unpaired) electrons. The van der Waals surface area contributed by atoms with E-state index in [-0.39, 0.29) is 36.3 Å². The van der Waals surface area contributed by atoms with Crippen LogP contribution in [0.4, 0.5) is 17.1 Å². The fraction of sp³-hybridized carbons (Fsp3) is 0.304. The SMILES string of the molecule is Cc1ccc(C)c(N2N=C(C(=O)Nc3ccccc3N3CCCC3=O)CCC2=O)c1. The number of hydrogen-bond acceptors (Lipinski definition) is 4. The van der Waals surface area contributed by atoms with Gasteiger partial charge in [0, 0.05) is 25.8 Å². The molecule has 7 nitrogen and oxygen atoms in total. The van der Waals surface area contributed by atoms with Gasteiger partial charge in [-0.15, -0.1) is 0 Å². The Hall–Kier alpha value is -3.48. The van der Waals surface area contributed by atoms with Gasteiger partial charge in [-0.05, 0) is 49.6 Å². The van der Waals surface area contributed by atoms with Crippen molar-refractivity contribution < 1.29 is 14.4 Å². The zero-order chi connectivity index (χ0) is 21.3. The Morgan fingerprint density at radius 3 is 2.53 bits per heavy atom. The van der Waals surface area contributed by atoms with Crippen LogP contribution in [0.5, 0.6) is 0 Å². The molecule has 0 unspecified atom stereocenters. The first kappa shape index (κ1) is 19.8. The maximum absolute atomic E-state index is 13.0. The quantitative estimate of drug-likeness (QED) is 0.846. The van der Waals surface area contributed by atoms with Crippen LogP contribution in [-0.2, 0) is 14.4 Å². The molecule has 0 aliphatic carbocycles. The number of carbonyl (C=O) groups is 3. The van der Waals surface area contributed by atoms with Crippen molar-refractivity contribution in [3.63, 3.8) is 0 Å². The highest BCUT2D eigenvalue weighted by molar-refractivity contribution is 6.44. The minimum absolute atomic E-state index is 0.0541. The fourth-order valence-corrected chi connectivity index (χ4v) is 3.76. The summed E-state index contributed by atoms with van der Waals surface area (Å²) in [6.45, 7) is 4.50. The molecule has 0 aromatic heterocycles. The van der Waals surface area contributed by atoms with E-state index in [1.807, 2.05) is 50.2 Å². The normalized spacial score (nSPS) is 16.7. The number of hydrazone groups is 1. The molecule has 1 N–H and O–H groups in total. The summed E-state index contributed by atoms with van der Waals surface area (Å²) < 4.78 is 0. The van der Waals surface area contributed by atoms with Crippen LogP contribution >= 0.6 is 0 Å². The summed E-state index contributed by atoms with van der Waals surface area (Å²) in [5.74, 6) is -0.446. The summed E-state index contributed by atoms with van der Waals surface area (Å²) in [6, 6.07) is 13.1. The third-order valence-corrected chi connectivity index (χ3v) is 5.40. The Morgan fingerprint density at radius 2 is 1.77 bits per heavy atom. The van der Waals surface area contributed by atoms with E-state index in [1.165, 1.54) is 5.01 Å². The van der Waals surface area contributed by atoms with Gasteiger partial charge in [-0.3, -0.25) is 14.4 Å². The van der Waals surface area contributed by atoms with Gasteiger partial charge >= 0.3 is 0 Å². The minimum atomic E-state index is -0.364. The highest BCUT2D eigenvalue weighted by atomic mass is 16.2. The number of nitrogens with zero attached hydrogens (tertiary/aromatic N) is 3. The van der Waals surface area contributed by atoms with Gasteiger partial charge in [0.25, 0.3) is 5.91 Å². The topological polar surface area (TPSA) is 82.1 Å². The lowest BCUT2D eigenvalue weighted by Crippen LogP contribution is -2.37. The van der Waals surface area contributed by atoms with Gasteiger partial charge in [0.15, 0.2) is 0 Å². The largest absolute Gasteiger partial charge is 0.319 e. The van der Waals surface area contributed by atoms with Crippen LogP contribution in [0.25, 0.3) is 0 Å². The lowest BCUT2D eigenvalue weighted by molar-refractivity contribution is -0.119. The molecule has 30 heavy (non-hydrogen) atoms. The number of aryl methyl sites for hydroxylation is 2. The van der Waals surface area contributed by atoms with E-state index >= 15 is 0 Å². The molecule has 0 saturated carbocycles. The first-order valence-corrected chi connectivity index (χ1v) is 10.1. The fourth-order valence-electron chi connectivity index (χ4n) is 3.76. The average molecular weight is 404 g/mol. The number of benzene rings is 2. The van der Waals surface area contributed by atoms with Crippen molar-refractivity contribution in [1.82, 2.24) is 0 Å². The predicted molar refractivity (Wildman–Crippen MR) is 117 cm³/mol. The maximum Gasteiger partial charge on any atom is 0.271 e. The lowest BCUT2D eigenvalue weighted by Gasteiger charge is -2.25.